The fourth-order valence-electron chi connectivity index (χ4n) is 4.31. The van der Waals surface area contributed by atoms with Crippen LogP contribution in [0.2, 0.25) is 0 Å². The number of ether oxygens (including phenoxy) is 1. The van der Waals surface area contributed by atoms with Crippen molar-refractivity contribution in [2.75, 3.05) is 6.54 Å². The maximum atomic E-state index is 14.0. The van der Waals surface area contributed by atoms with Crippen LogP contribution in [-0.4, -0.2) is 58.2 Å². The van der Waals surface area contributed by atoms with Crippen LogP contribution in [0.3, 0.4) is 0 Å². The molecule has 1 aliphatic heterocycles. The molecule has 1 amide bonds. The van der Waals surface area contributed by atoms with E-state index in [2.05, 4.69) is 5.10 Å². The van der Waals surface area contributed by atoms with E-state index in [1.54, 1.807) is 0 Å². The fourth-order valence-corrected chi connectivity index (χ4v) is 5.96. The number of nitrogens with two attached hydrogens (primary N) is 1. The van der Waals surface area contributed by atoms with Crippen molar-refractivity contribution in [2.45, 2.75) is 49.8 Å². The Balaban J connectivity index is 1.71. The lowest BCUT2D eigenvalue weighted by molar-refractivity contribution is -0.136. The van der Waals surface area contributed by atoms with Gasteiger partial charge in [0.1, 0.15) is 17.6 Å². The van der Waals surface area contributed by atoms with Crippen molar-refractivity contribution < 1.29 is 32.2 Å². The van der Waals surface area contributed by atoms with Crippen LogP contribution in [0.1, 0.15) is 32.0 Å². The number of primary amides is 1. The smallest absolute Gasteiger partial charge is 0.309 e. The first-order valence-electron chi connectivity index (χ1n) is 10.9. The topological polar surface area (TPSA) is 145 Å². The summed E-state index contributed by atoms with van der Waals surface area (Å²) in [6.45, 7) is 3.54. The molecule has 1 saturated heterocycles. The number of aromatic nitrogens is 2. The maximum absolute atomic E-state index is 14.0. The van der Waals surface area contributed by atoms with E-state index in [4.69, 9.17) is 10.5 Å². The zero-order valence-electron chi connectivity index (χ0n) is 19.1. The Kier molecular flexibility index (Phi) is 6.52. The Morgan fingerprint density at radius 1 is 1.23 bits per heavy atom. The average Bonchev–Trinajstić information content (AvgIpc) is 3.36. The summed E-state index contributed by atoms with van der Waals surface area (Å²) in [6, 6.07) is 7.85. The highest BCUT2D eigenvalue weighted by Crippen LogP contribution is 2.35. The molecule has 1 aromatic heterocycles. The highest BCUT2D eigenvalue weighted by molar-refractivity contribution is 7.89. The summed E-state index contributed by atoms with van der Waals surface area (Å²) in [5, 5.41) is 14.0. The Hall–Kier alpha value is -3.51. The minimum absolute atomic E-state index is 0.00289. The third kappa shape index (κ3) is 4.84. The molecule has 35 heavy (non-hydrogen) atoms. The van der Waals surface area contributed by atoms with E-state index in [0.717, 1.165) is 4.31 Å². The molecule has 1 aliphatic rings. The van der Waals surface area contributed by atoms with Crippen molar-refractivity contribution in [1.82, 2.24) is 14.1 Å². The van der Waals surface area contributed by atoms with E-state index in [0.29, 0.717) is 16.7 Å². The van der Waals surface area contributed by atoms with Crippen LogP contribution in [-0.2, 0) is 26.0 Å². The maximum Gasteiger partial charge on any atom is 0.309 e. The lowest BCUT2D eigenvalue weighted by atomic mass is 10.1. The van der Waals surface area contributed by atoms with Crippen LogP contribution in [0.25, 0.3) is 10.9 Å². The molecule has 0 saturated carbocycles. The molecule has 0 spiro atoms. The summed E-state index contributed by atoms with van der Waals surface area (Å²) < 4.78 is 48.9. The number of carboxylic acid groups (broad SMARTS) is 1. The Labute approximate surface area is 201 Å². The molecular weight excluding hydrogens is 479 g/mol. The standard InChI is InChI=1S/C23H25FN4O6S/c1-13(2)34-16-4-6-17(7-5-16)35(32,33)27-12-15(10-21(27)23(25)31)28-20-9-14(24)3-8-18(20)19(26-28)11-22(29)30/h3-9,13,15,21H,10-12H2,1-2H3,(H2,25,31)(H,29,30)/t15-,21-/m1/s1. The van der Waals surface area contributed by atoms with Gasteiger partial charge < -0.3 is 15.6 Å². The van der Waals surface area contributed by atoms with E-state index in [1.165, 1.54) is 47.1 Å². The molecule has 0 unspecified atom stereocenters. The number of fused-ring (bicyclic) bond motifs is 1. The Morgan fingerprint density at radius 2 is 1.91 bits per heavy atom. The van der Waals surface area contributed by atoms with Gasteiger partial charge in [-0.05, 0) is 62.7 Å². The number of carbonyl (C=O) groups excluding carboxylic acids is 1. The quantitative estimate of drug-likeness (QED) is 0.478. The van der Waals surface area contributed by atoms with Crippen molar-refractivity contribution in [1.29, 1.82) is 0 Å². The summed E-state index contributed by atoms with van der Waals surface area (Å²) in [5.41, 5.74) is 6.08. The molecule has 2 aromatic carbocycles. The van der Waals surface area contributed by atoms with Crippen LogP contribution >= 0.6 is 0 Å². The highest BCUT2D eigenvalue weighted by atomic mass is 32.2. The number of rotatable bonds is 8. The number of carboxylic acids is 1. The first-order chi connectivity index (χ1) is 16.5. The Bertz CT molecular complexity index is 1390. The molecule has 12 heteroatoms. The van der Waals surface area contributed by atoms with Crippen LogP contribution in [0.15, 0.2) is 47.4 Å². The van der Waals surface area contributed by atoms with Gasteiger partial charge in [-0.15, -0.1) is 0 Å². The van der Waals surface area contributed by atoms with Gasteiger partial charge in [0.25, 0.3) is 0 Å². The molecule has 0 bridgehead atoms. The lowest BCUT2D eigenvalue weighted by Gasteiger charge is -2.21. The predicted molar refractivity (Wildman–Crippen MR) is 124 cm³/mol. The number of nitrogens with zero attached hydrogens (tertiary/aromatic N) is 3. The molecular formula is C23H25FN4O6S. The first-order valence-corrected chi connectivity index (χ1v) is 12.4. The highest BCUT2D eigenvalue weighted by Gasteiger charge is 2.44. The fraction of sp³-hybridized carbons (Fsp3) is 0.348. The van der Waals surface area contributed by atoms with Gasteiger partial charge in [0.2, 0.25) is 15.9 Å². The Morgan fingerprint density at radius 3 is 2.51 bits per heavy atom. The molecule has 1 fully saturated rings. The SMILES string of the molecule is CC(C)Oc1ccc(S(=O)(=O)N2C[C@H](n3nc(CC(=O)O)c4ccc(F)cc43)C[C@@H]2C(N)=O)cc1. The van der Waals surface area contributed by atoms with Crippen molar-refractivity contribution in [3.63, 3.8) is 0 Å². The molecule has 4 rings (SSSR count). The first kappa shape index (κ1) is 24.6. The van der Waals surface area contributed by atoms with Gasteiger partial charge >= 0.3 is 5.97 Å². The van der Waals surface area contributed by atoms with E-state index in [9.17, 15) is 27.5 Å². The summed E-state index contributed by atoms with van der Waals surface area (Å²) >= 11 is 0. The zero-order valence-corrected chi connectivity index (χ0v) is 19.9. The lowest BCUT2D eigenvalue weighted by Crippen LogP contribution is -2.43. The van der Waals surface area contributed by atoms with E-state index >= 15 is 0 Å². The normalized spacial score (nSPS) is 18.9. The molecule has 3 aromatic rings. The molecule has 2 atom stereocenters. The third-order valence-corrected chi connectivity index (χ3v) is 7.66. The second-order valence-electron chi connectivity index (χ2n) is 8.64. The molecule has 2 heterocycles. The monoisotopic (exact) mass is 504 g/mol. The summed E-state index contributed by atoms with van der Waals surface area (Å²) in [4.78, 5) is 23.5. The largest absolute Gasteiger partial charge is 0.491 e. The van der Waals surface area contributed by atoms with E-state index in [-0.39, 0.29) is 29.7 Å². The summed E-state index contributed by atoms with van der Waals surface area (Å²) in [5.74, 6) is -2.00. The molecule has 0 radical (unpaired) electrons. The van der Waals surface area contributed by atoms with Gasteiger partial charge in [-0.1, -0.05) is 0 Å². The number of amides is 1. The van der Waals surface area contributed by atoms with Crippen LogP contribution in [0.5, 0.6) is 5.75 Å². The van der Waals surface area contributed by atoms with Crippen molar-refractivity contribution in [3.05, 3.63) is 54.0 Å². The van der Waals surface area contributed by atoms with Crippen molar-refractivity contribution >= 4 is 32.8 Å². The number of hydrogen-bond donors (Lipinski definition) is 2. The number of benzene rings is 2. The minimum Gasteiger partial charge on any atom is -0.491 e. The van der Waals surface area contributed by atoms with Crippen LogP contribution < -0.4 is 10.5 Å². The third-order valence-electron chi connectivity index (χ3n) is 5.77. The number of carbonyl (C=O) groups is 2. The van der Waals surface area contributed by atoms with Gasteiger partial charge in [0.15, 0.2) is 0 Å². The second kappa shape index (κ2) is 9.27. The minimum atomic E-state index is -4.13. The van der Waals surface area contributed by atoms with Crippen LogP contribution in [0, 0.1) is 5.82 Å². The summed E-state index contributed by atoms with van der Waals surface area (Å²) in [6.07, 6.45) is -0.479. The molecule has 3 N–H and O–H groups in total. The summed E-state index contributed by atoms with van der Waals surface area (Å²) in [7, 11) is -4.13. The van der Waals surface area contributed by atoms with Gasteiger partial charge in [0.05, 0.1) is 34.7 Å². The molecule has 10 nitrogen and oxygen atoms in total. The van der Waals surface area contributed by atoms with Gasteiger partial charge in [0, 0.05) is 11.9 Å². The van der Waals surface area contributed by atoms with Gasteiger partial charge in [-0.2, -0.15) is 9.40 Å². The number of sulfonamides is 1. The van der Waals surface area contributed by atoms with Crippen molar-refractivity contribution in [3.8, 4) is 5.75 Å². The number of halogens is 1. The number of aliphatic carboxylic acids is 1. The predicted octanol–water partition coefficient (Wildman–Crippen LogP) is 2.08. The van der Waals surface area contributed by atoms with Gasteiger partial charge in [-0.25, -0.2) is 12.8 Å². The number of hydrogen-bond acceptors (Lipinski definition) is 6. The van der Waals surface area contributed by atoms with E-state index < -0.39 is 46.2 Å². The van der Waals surface area contributed by atoms with E-state index in [1.807, 2.05) is 13.8 Å². The molecule has 0 aliphatic carbocycles. The molecule has 186 valence electrons. The van der Waals surface area contributed by atoms with Gasteiger partial charge in [-0.3, -0.25) is 14.3 Å². The zero-order chi connectivity index (χ0) is 25.5. The van der Waals surface area contributed by atoms with Crippen LogP contribution in [0.4, 0.5) is 4.39 Å². The van der Waals surface area contributed by atoms with Crippen molar-refractivity contribution in [2.24, 2.45) is 5.73 Å². The second-order valence-corrected chi connectivity index (χ2v) is 10.5. The average molecular weight is 505 g/mol.